The van der Waals surface area contributed by atoms with Crippen LogP contribution in [0, 0.1) is 17.7 Å². The summed E-state index contributed by atoms with van der Waals surface area (Å²) >= 11 is 0. The molecule has 20 heavy (non-hydrogen) atoms. The molecule has 112 valence electrons. The van der Waals surface area contributed by atoms with Crippen LogP contribution in [-0.4, -0.2) is 24.8 Å². The molecule has 0 aliphatic heterocycles. The summed E-state index contributed by atoms with van der Waals surface area (Å²) in [7, 11) is 1.37. The molecule has 4 nitrogen and oxygen atoms in total. The normalized spacial score (nSPS) is 13.9. The van der Waals surface area contributed by atoms with E-state index in [0.29, 0.717) is 5.56 Å². The number of rotatable bonds is 6. The number of halogens is 1. The van der Waals surface area contributed by atoms with Gasteiger partial charge in [-0.2, -0.15) is 0 Å². The van der Waals surface area contributed by atoms with E-state index in [1.54, 1.807) is 13.0 Å². The quantitative estimate of drug-likeness (QED) is 0.816. The third kappa shape index (κ3) is 3.70. The SMILES string of the molecule is CCOC(=O)C(C(C)C)C(O)c1ccc(OC)c(F)c1. The molecule has 2 atom stereocenters. The largest absolute Gasteiger partial charge is 0.494 e. The Bertz CT molecular complexity index is 459. The van der Waals surface area contributed by atoms with Gasteiger partial charge in [-0.1, -0.05) is 19.9 Å². The van der Waals surface area contributed by atoms with Gasteiger partial charge in [0.2, 0.25) is 0 Å². The van der Waals surface area contributed by atoms with Crippen LogP contribution >= 0.6 is 0 Å². The average molecular weight is 284 g/mol. The summed E-state index contributed by atoms with van der Waals surface area (Å²) in [6.07, 6.45) is -1.12. The topological polar surface area (TPSA) is 55.8 Å². The highest BCUT2D eigenvalue weighted by Gasteiger charge is 2.32. The van der Waals surface area contributed by atoms with Gasteiger partial charge in [0.05, 0.1) is 25.7 Å². The van der Waals surface area contributed by atoms with Gasteiger partial charge in [-0.15, -0.1) is 0 Å². The molecule has 1 aromatic carbocycles. The fraction of sp³-hybridized carbons (Fsp3) is 0.533. The van der Waals surface area contributed by atoms with Crippen molar-refractivity contribution in [2.24, 2.45) is 11.8 Å². The lowest BCUT2D eigenvalue weighted by atomic mass is 9.86. The highest BCUT2D eigenvalue weighted by atomic mass is 19.1. The monoisotopic (exact) mass is 284 g/mol. The van der Waals surface area contributed by atoms with Gasteiger partial charge in [0.15, 0.2) is 11.6 Å². The summed E-state index contributed by atoms with van der Waals surface area (Å²) in [4.78, 5) is 11.9. The molecule has 1 aromatic rings. The van der Waals surface area contributed by atoms with Gasteiger partial charge in [0.1, 0.15) is 0 Å². The lowest BCUT2D eigenvalue weighted by Gasteiger charge is -2.25. The van der Waals surface area contributed by atoms with E-state index in [1.165, 1.54) is 19.2 Å². The van der Waals surface area contributed by atoms with Crippen LogP contribution in [0.3, 0.4) is 0 Å². The number of hydrogen-bond donors (Lipinski definition) is 1. The molecule has 0 aromatic heterocycles. The summed E-state index contributed by atoms with van der Waals surface area (Å²) in [5.74, 6) is -1.82. The second kappa shape index (κ2) is 7.24. The maximum Gasteiger partial charge on any atom is 0.312 e. The fourth-order valence-electron chi connectivity index (χ4n) is 2.08. The zero-order valence-corrected chi connectivity index (χ0v) is 12.2. The van der Waals surface area contributed by atoms with Crippen molar-refractivity contribution < 1.29 is 23.8 Å². The van der Waals surface area contributed by atoms with Crippen molar-refractivity contribution in [2.75, 3.05) is 13.7 Å². The second-order valence-corrected chi connectivity index (χ2v) is 4.86. The number of carbonyl (C=O) groups is 1. The van der Waals surface area contributed by atoms with Crippen LogP contribution in [0.25, 0.3) is 0 Å². The molecule has 0 saturated carbocycles. The highest BCUT2D eigenvalue weighted by molar-refractivity contribution is 5.73. The maximum atomic E-state index is 13.7. The molecule has 0 fully saturated rings. The number of methoxy groups -OCH3 is 1. The molecular weight excluding hydrogens is 263 g/mol. The first kappa shape index (κ1) is 16.4. The number of esters is 1. The van der Waals surface area contributed by atoms with Crippen LogP contribution in [0.1, 0.15) is 32.4 Å². The van der Waals surface area contributed by atoms with Crippen LogP contribution < -0.4 is 4.74 Å². The summed E-state index contributed by atoms with van der Waals surface area (Å²) in [5, 5.41) is 10.3. The van der Waals surface area contributed by atoms with Gasteiger partial charge in [0.25, 0.3) is 0 Å². The van der Waals surface area contributed by atoms with Crippen LogP contribution in [0.4, 0.5) is 4.39 Å². The summed E-state index contributed by atoms with van der Waals surface area (Å²) in [6.45, 7) is 5.57. The smallest absolute Gasteiger partial charge is 0.312 e. The summed E-state index contributed by atoms with van der Waals surface area (Å²) in [5.41, 5.74) is 0.329. The lowest BCUT2D eigenvalue weighted by Crippen LogP contribution is -2.29. The molecule has 5 heteroatoms. The molecule has 0 saturated heterocycles. The van der Waals surface area contributed by atoms with Crippen molar-refractivity contribution in [3.05, 3.63) is 29.6 Å². The van der Waals surface area contributed by atoms with E-state index >= 15 is 0 Å². The highest BCUT2D eigenvalue weighted by Crippen LogP contribution is 2.31. The van der Waals surface area contributed by atoms with Crippen LogP contribution in [-0.2, 0) is 9.53 Å². The Morgan fingerprint density at radius 2 is 2.05 bits per heavy atom. The maximum absolute atomic E-state index is 13.7. The van der Waals surface area contributed by atoms with E-state index < -0.39 is 23.8 Å². The van der Waals surface area contributed by atoms with Crippen molar-refractivity contribution in [3.8, 4) is 5.75 Å². The minimum Gasteiger partial charge on any atom is -0.494 e. The first-order valence-corrected chi connectivity index (χ1v) is 6.60. The number of aliphatic hydroxyl groups is 1. The van der Waals surface area contributed by atoms with Gasteiger partial charge in [-0.25, -0.2) is 4.39 Å². The molecule has 0 spiro atoms. The Morgan fingerprint density at radius 3 is 2.50 bits per heavy atom. The molecule has 0 bridgehead atoms. The summed E-state index contributed by atoms with van der Waals surface area (Å²) in [6, 6.07) is 4.15. The standard InChI is InChI=1S/C15H21FO4/c1-5-20-15(18)13(9(2)3)14(17)10-6-7-12(19-4)11(16)8-10/h6-9,13-14,17H,5H2,1-4H3. The van der Waals surface area contributed by atoms with Crippen LogP contribution in [0.5, 0.6) is 5.75 Å². The minimum absolute atomic E-state index is 0.0955. The third-order valence-corrected chi connectivity index (χ3v) is 3.13. The zero-order valence-electron chi connectivity index (χ0n) is 12.2. The minimum atomic E-state index is -1.12. The zero-order chi connectivity index (χ0) is 15.3. The summed E-state index contributed by atoms with van der Waals surface area (Å²) < 4.78 is 23.5. The number of hydrogen-bond acceptors (Lipinski definition) is 4. The van der Waals surface area contributed by atoms with E-state index in [1.807, 2.05) is 13.8 Å². The first-order chi connectivity index (χ1) is 9.42. The first-order valence-electron chi connectivity index (χ1n) is 6.60. The Morgan fingerprint density at radius 1 is 1.40 bits per heavy atom. The second-order valence-electron chi connectivity index (χ2n) is 4.86. The third-order valence-electron chi connectivity index (χ3n) is 3.13. The Kier molecular flexibility index (Phi) is 5.95. The molecule has 1 rings (SSSR count). The van der Waals surface area contributed by atoms with Crippen molar-refractivity contribution >= 4 is 5.97 Å². The number of ether oxygens (including phenoxy) is 2. The van der Waals surface area contributed by atoms with Gasteiger partial charge in [-0.05, 0) is 30.5 Å². The van der Waals surface area contributed by atoms with E-state index in [-0.39, 0.29) is 18.3 Å². The van der Waals surface area contributed by atoms with Gasteiger partial charge < -0.3 is 14.6 Å². The number of carbonyl (C=O) groups excluding carboxylic acids is 1. The molecule has 0 aliphatic carbocycles. The predicted molar refractivity (Wildman–Crippen MR) is 72.9 cm³/mol. The Balaban J connectivity index is 3.03. The Labute approximate surface area is 118 Å². The van der Waals surface area contributed by atoms with E-state index in [4.69, 9.17) is 9.47 Å². The van der Waals surface area contributed by atoms with Crippen LogP contribution in [0.15, 0.2) is 18.2 Å². The number of aliphatic hydroxyl groups excluding tert-OH is 1. The predicted octanol–water partition coefficient (Wildman–Crippen LogP) is 2.70. The van der Waals surface area contributed by atoms with Gasteiger partial charge in [-0.3, -0.25) is 4.79 Å². The molecular formula is C15H21FO4. The molecule has 0 aliphatic rings. The molecule has 2 unspecified atom stereocenters. The van der Waals surface area contributed by atoms with Gasteiger partial charge in [0, 0.05) is 0 Å². The van der Waals surface area contributed by atoms with Gasteiger partial charge >= 0.3 is 5.97 Å². The molecule has 0 heterocycles. The van der Waals surface area contributed by atoms with Crippen molar-refractivity contribution in [1.82, 2.24) is 0 Å². The number of benzene rings is 1. The average Bonchev–Trinajstić information content (AvgIpc) is 2.38. The van der Waals surface area contributed by atoms with Crippen molar-refractivity contribution in [2.45, 2.75) is 26.9 Å². The fourth-order valence-corrected chi connectivity index (χ4v) is 2.08. The van der Waals surface area contributed by atoms with Crippen molar-refractivity contribution in [3.63, 3.8) is 0 Å². The lowest BCUT2D eigenvalue weighted by molar-refractivity contribution is -0.154. The van der Waals surface area contributed by atoms with E-state index in [9.17, 15) is 14.3 Å². The van der Waals surface area contributed by atoms with E-state index in [0.717, 1.165) is 0 Å². The molecule has 0 radical (unpaired) electrons. The molecule has 1 N–H and O–H groups in total. The molecule has 0 amide bonds. The van der Waals surface area contributed by atoms with Crippen LogP contribution in [0.2, 0.25) is 0 Å². The van der Waals surface area contributed by atoms with Crippen molar-refractivity contribution in [1.29, 1.82) is 0 Å². The Hall–Kier alpha value is -1.62. The van der Waals surface area contributed by atoms with E-state index in [2.05, 4.69) is 0 Å².